The lowest BCUT2D eigenvalue weighted by Gasteiger charge is -2.23. The van der Waals surface area contributed by atoms with E-state index in [1.54, 1.807) is 24.3 Å². The summed E-state index contributed by atoms with van der Waals surface area (Å²) in [6, 6.07) is 17.3. The molecule has 0 aliphatic rings. The van der Waals surface area contributed by atoms with Gasteiger partial charge in [-0.05, 0) is 30.3 Å². The van der Waals surface area contributed by atoms with Crippen molar-refractivity contribution in [1.82, 2.24) is 5.43 Å². The first kappa shape index (κ1) is 24.2. The third-order valence-electron chi connectivity index (χ3n) is 4.60. The van der Waals surface area contributed by atoms with E-state index >= 15 is 0 Å². The highest BCUT2D eigenvalue weighted by Crippen LogP contribution is 2.30. The molecule has 0 aliphatic heterocycles. The minimum absolute atomic E-state index is 0.130. The van der Waals surface area contributed by atoms with Gasteiger partial charge in [-0.3, -0.25) is 19.2 Å². The molecule has 176 valence electrons. The fourth-order valence-corrected chi connectivity index (χ4v) is 4.58. The molecule has 34 heavy (non-hydrogen) atoms. The maximum absolute atomic E-state index is 13.4. The number of nitro benzene ring substituents is 1. The number of anilines is 1. The summed E-state index contributed by atoms with van der Waals surface area (Å²) in [5.74, 6) is -0.793. The van der Waals surface area contributed by atoms with Crippen molar-refractivity contribution in [3.8, 4) is 11.5 Å². The number of nitrogens with one attached hydrogen (secondary N) is 1. The Kier molecular flexibility index (Phi) is 7.43. The highest BCUT2D eigenvalue weighted by Gasteiger charge is 2.33. The second-order valence-corrected chi connectivity index (χ2v) is 8.59. The number of nitrogens with zero attached hydrogens (tertiary/aromatic N) is 3. The fourth-order valence-electron chi connectivity index (χ4n) is 3.00. The van der Waals surface area contributed by atoms with Crippen molar-refractivity contribution in [2.24, 2.45) is 5.10 Å². The number of para-hydroxylation sites is 3. The molecule has 11 nitrogen and oxygen atoms in total. The number of hydrazone groups is 1. The summed E-state index contributed by atoms with van der Waals surface area (Å²) in [4.78, 5) is 22.6. The number of carbonyl (C=O) groups is 1. The number of carbonyl (C=O) groups excluding carboxylic acids is 1. The Labute approximate surface area is 195 Å². The molecule has 3 aromatic carbocycles. The van der Waals surface area contributed by atoms with Gasteiger partial charge in [0, 0.05) is 11.6 Å². The number of phenolic OH excluding ortho intramolecular Hbond substituents is 1. The predicted molar refractivity (Wildman–Crippen MR) is 124 cm³/mol. The number of hydrogen-bond donors (Lipinski definition) is 2. The molecule has 3 rings (SSSR count). The molecule has 0 saturated heterocycles. The van der Waals surface area contributed by atoms with Gasteiger partial charge in [-0.25, -0.2) is 13.8 Å². The van der Waals surface area contributed by atoms with Crippen molar-refractivity contribution < 1.29 is 28.0 Å². The van der Waals surface area contributed by atoms with Crippen molar-refractivity contribution in [2.75, 3.05) is 18.0 Å². The molecule has 0 saturated carbocycles. The SMILES string of the molecule is COc1cccc(/C=N\NC(=O)CN(c2ccccc2)S(=O)(=O)c2ccccc2[N+](=O)[O-])c1O. The van der Waals surface area contributed by atoms with E-state index in [9.17, 15) is 28.4 Å². The first-order valence-electron chi connectivity index (χ1n) is 9.74. The largest absolute Gasteiger partial charge is 0.504 e. The average Bonchev–Trinajstić information content (AvgIpc) is 2.84. The van der Waals surface area contributed by atoms with Gasteiger partial charge in [0.05, 0.1) is 23.9 Å². The van der Waals surface area contributed by atoms with Gasteiger partial charge < -0.3 is 9.84 Å². The van der Waals surface area contributed by atoms with Crippen LogP contribution >= 0.6 is 0 Å². The molecule has 0 bridgehead atoms. The van der Waals surface area contributed by atoms with E-state index in [0.717, 1.165) is 16.4 Å². The maximum Gasteiger partial charge on any atom is 0.289 e. The molecule has 0 aromatic heterocycles. The Hall–Kier alpha value is -4.45. The lowest BCUT2D eigenvalue weighted by atomic mass is 10.2. The van der Waals surface area contributed by atoms with Crippen LogP contribution in [-0.2, 0) is 14.8 Å². The summed E-state index contributed by atoms with van der Waals surface area (Å²) < 4.78 is 32.5. The van der Waals surface area contributed by atoms with E-state index in [1.165, 1.54) is 49.7 Å². The van der Waals surface area contributed by atoms with Crippen LogP contribution in [-0.4, -0.2) is 44.2 Å². The number of ether oxygens (including phenoxy) is 1. The highest BCUT2D eigenvalue weighted by atomic mass is 32.2. The molecule has 1 amide bonds. The zero-order valence-corrected chi connectivity index (χ0v) is 18.7. The Morgan fingerprint density at radius 2 is 1.79 bits per heavy atom. The summed E-state index contributed by atoms with van der Waals surface area (Å²) in [6.07, 6.45) is 1.17. The summed E-state index contributed by atoms with van der Waals surface area (Å²) in [5, 5.41) is 25.2. The van der Waals surface area contributed by atoms with E-state index in [0.29, 0.717) is 0 Å². The number of methoxy groups -OCH3 is 1. The smallest absolute Gasteiger partial charge is 0.289 e. The van der Waals surface area contributed by atoms with Crippen LogP contribution in [0.15, 0.2) is 82.8 Å². The van der Waals surface area contributed by atoms with Crippen molar-refractivity contribution in [3.63, 3.8) is 0 Å². The van der Waals surface area contributed by atoms with Gasteiger partial charge in [-0.15, -0.1) is 0 Å². The van der Waals surface area contributed by atoms with Crippen LogP contribution < -0.4 is 14.5 Å². The molecule has 3 aromatic rings. The fraction of sp³-hybridized carbons (Fsp3) is 0.0909. The molecule has 2 N–H and O–H groups in total. The molecule has 0 aliphatic carbocycles. The van der Waals surface area contributed by atoms with Gasteiger partial charge >= 0.3 is 0 Å². The third-order valence-corrected chi connectivity index (χ3v) is 6.43. The number of sulfonamides is 1. The Balaban J connectivity index is 1.88. The van der Waals surface area contributed by atoms with Crippen LogP contribution in [0.2, 0.25) is 0 Å². The normalized spacial score (nSPS) is 11.2. The molecule has 0 heterocycles. The number of hydrogen-bond acceptors (Lipinski definition) is 8. The van der Waals surface area contributed by atoms with Crippen molar-refractivity contribution >= 4 is 33.5 Å². The van der Waals surface area contributed by atoms with Crippen LogP contribution in [0, 0.1) is 10.1 Å². The van der Waals surface area contributed by atoms with E-state index in [4.69, 9.17) is 4.74 Å². The Morgan fingerprint density at radius 1 is 1.12 bits per heavy atom. The summed E-state index contributed by atoms with van der Waals surface area (Å²) >= 11 is 0. The van der Waals surface area contributed by atoms with Crippen LogP contribution in [0.1, 0.15) is 5.56 Å². The molecular formula is C22H20N4O7S. The zero-order chi connectivity index (χ0) is 24.7. The number of rotatable bonds is 9. The Morgan fingerprint density at radius 3 is 2.47 bits per heavy atom. The van der Waals surface area contributed by atoms with Crippen LogP contribution in [0.25, 0.3) is 0 Å². The molecule has 0 atom stereocenters. The van der Waals surface area contributed by atoms with E-state index < -0.39 is 38.0 Å². The number of phenols is 1. The monoisotopic (exact) mass is 484 g/mol. The van der Waals surface area contributed by atoms with Crippen molar-refractivity contribution in [3.05, 3.63) is 88.5 Å². The molecule has 0 fully saturated rings. The van der Waals surface area contributed by atoms with E-state index in [-0.39, 0.29) is 22.7 Å². The van der Waals surface area contributed by atoms with Gasteiger partial charge in [0.25, 0.3) is 21.6 Å². The van der Waals surface area contributed by atoms with E-state index in [2.05, 4.69) is 10.5 Å². The molecule has 0 unspecified atom stereocenters. The topological polar surface area (TPSA) is 151 Å². The van der Waals surface area contributed by atoms with Crippen LogP contribution in [0.5, 0.6) is 11.5 Å². The quantitative estimate of drug-likeness (QED) is 0.269. The Bertz CT molecular complexity index is 1330. The molecule has 0 spiro atoms. The standard InChI is InChI=1S/C22H20N4O7S/c1-33-19-12-7-8-16(22(19)28)14-23-24-21(27)15-25(17-9-3-2-4-10-17)34(31,32)20-13-6-5-11-18(20)26(29)30/h2-14,28H,15H2,1H3,(H,24,27)/b23-14-. The molecular weight excluding hydrogens is 464 g/mol. The summed E-state index contributed by atoms with van der Waals surface area (Å²) in [5.41, 5.74) is 1.97. The zero-order valence-electron chi connectivity index (χ0n) is 17.9. The second-order valence-electron chi connectivity index (χ2n) is 6.76. The van der Waals surface area contributed by atoms with E-state index in [1.807, 2.05) is 0 Å². The first-order valence-corrected chi connectivity index (χ1v) is 11.2. The molecule has 12 heteroatoms. The summed E-state index contributed by atoms with van der Waals surface area (Å²) in [6.45, 7) is -0.709. The minimum atomic E-state index is -4.50. The number of nitro groups is 1. The van der Waals surface area contributed by atoms with Crippen molar-refractivity contribution in [2.45, 2.75) is 4.90 Å². The lowest BCUT2D eigenvalue weighted by Crippen LogP contribution is -2.39. The van der Waals surface area contributed by atoms with Gasteiger partial charge in [0.15, 0.2) is 16.4 Å². The predicted octanol–water partition coefficient (Wildman–Crippen LogP) is 2.65. The van der Waals surface area contributed by atoms with Crippen molar-refractivity contribution in [1.29, 1.82) is 0 Å². The van der Waals surface area contributed by atoms with Gasteiger partial charge in [0.2, 0.25) is 0 Å². The minimum Gasteiger partial charge on any atom is -0.504 e. The van der Waals surface area contributed by atoms with Crippen LogP contribution in [0.3, 0.4) is 0 Å². The number of amides is 1. The van der Waals surface area contributed by atoms with Gasteiger partial charge in [-0.2, -0.15) is 5.10 Å². The lowest BCUT2D eigenvalue weighted by molar-refractivity contribution is -0.387. The first-order chi connectivity index (χ1) is 16.3. The van der Waals surface area contributed by atoms with Crippen LogP contribution in [0.4, 0.5) is 11.4 Å². The van der Waals surface area contributed by atoms with Gasteiger partial charge in [0.1, 0.15) is 6.54 Å². The number of aromatic hydroxyl groups is 1. The highest BCUT2D eigenvalue weighted by molar-refractivity contribution is 7.93. The third kappa shape index (κ3) is 5.30. The average molecular weight is 484 g/mol. The second kappa shape index (κ2) is 10.4. The maximum atomic E-state index is 13.4. The molecule has 0 radical (unpaired) electrons. The van der Waals surface area contributed by atoms with Gasteiger partial charge in [-0.1, -0.05) is 36.4 Å². The number of benzene rings is 3. The summed E-state index contributed by atoms with van der Waals surface area (Å²) in [7, 11) is -3.11.